The number of benzene rings is 2. The number of hydrogen-bond acceptors (Lipinski definition) is 6. The van der Waals surface area contributed by atoms with Gasteiger partial charge in [0.2, 0.25) is 15.9 Å². The van der Waals surface area contributed by atoms with E-state index < -0.39 is 27.7 Å². The molecule has 176 valence electrons. The molecule has 0 aliphatic rings. The molecular weight excluding hydrogens is 461 g/mol. The van der Waals surface area contributed by atoms with Gasteiger partial charge < -0.3 is 9.15 Å². The van der Waals surface area contributed by atoms with E-state index in [2.05, 4.69) is 9.71 Å². The normalized spacial score (nSPS) is 12.0. The average Bonchev–Trinajstić information content (AvgIpc) is 3.26. The van der Waals surface area contributed by atoms with Crippen LogP contribution in [-0.4, -0.2) is 33.0 Å². The highest BCUT2D eigenvalue weighted by Crippen LogP contribution is 2.30. The zero-order valence-corrected chi connectivity index (χ0v) is 18.6. The van der Waals surface area contributed by atoms with Gasteiger partial charge in [-0.3, -0.25) is 0 Å². The van der Waals surface area contributed by atoms with Crippen LogP contribution in [0, 0.1) is 0 Å². The van der Waals surface area contributed by atoms with Crippen LogP contribution in [0.3, 0.4) is 0 Å². The maximum Gasteiger partial charge on any atom is 0.416 e. The number of methoxy groups -OCH3 is 1. The summed E-state index contributed by atoms with van der Waals surface area (Å²) in [6, 6.07) is 8.60. The van der Waals surface area contributed by atoms with Gasteiger partial charge in [0, 0.05) is 18.5 Å². The van der Waals surface area contributed by atoms with Crippen LogP contribution in [0.4, 0.5) is 13.2 Å². The Morgan fingerprint density at radius 3 is 2.45 bits per heavy atom. The highest BCUT2D eigenvalue weighted by atomic mass is 32.2. The number of carbonyl (C=O) groups is 1. The lowest BCUT2D eigenvalue weighted by Gasteiger charge is -2.10. The number of esters is 1. The number of nitrogens with zero attached hydrogens (tertiary/aromatic N) is 1. The SMILES string of the molecule is CCc1ccc(S(=O)(=O)NCCc2coc(-c3ccc(C(F)(F)F)cc3)n2)cc1C(=O)OC. The summed E-state index contributed by atoms with van der Waals surface area (Å²) in [4.78, 5) is 16.1. The third-order valence-electron chi connectivity index (χ3n) is 4.86. The summed E-state index contributed by atoms with van der Waals surface area (Å²) >= 11 is 0. The zero-order chi connectivity index (χ0) is 24.2. The van der Waals surface area contributed by atoms with Gasteiger partial charge in [-0.1, -0.05) is 13.0 Å². The Morgan fingerprint density at radius 2 is 1.85 bits per heavy atom. The molecule has 0 fully saturated rings. The maximum absolute atomic E-state index is 12.7. The molecule has 0 unspecified atom stereocenters. The van der Waals surface area contributed by atoms with Gasteiger partial charge >= 0.3 is 12.1 Å². The predicted molar refractivity (Wildman–Crippen MR) is 113 cm³/mol. The van der Waals surface area contributed by atoms with Crippen molar-refractivity contribution in [1.29, 1.82) is 0 Å². The third kappa shape index (κ3) is 5.79. The van der Waals surface area contributed by atoms with E-state index in [9.17, 15) is 26.4 Å². The van der Waals surface area contributed by atoms with Gasteiger partial charge in [-0.25, -0.2) is 22.9 Å². The summed E-state index contributed by atoms with van der Waals surface area (Å²) in [5.41, 5.74) is 0.847. The van der Waals surface area contributed by atoms with Gasteiger partial charge in [0.25, 0.3) is 0 Å². The van der Waals surface area contributed by atoms with E-state index >= 15 is 0 Å². The van der Waals surface area contributed by atoms with Crippen LogP contribution in [-0.2, 0) is 33.8 Å². The first-order valence-corrected chi connectivity index (χ1v) is 11.4. The Hall–Kier alpha value is -3.18. The molecule has 33 heavy (non-hydrogen) atoms. The minimum atomic E-state index is -4.44. The van der Waals surface area contributed by atoms with Gasteiger partial charge in [0.05, 0.1) is 28.8 Å². The Labute approximate surface area is 188 Å². The number of aryl methyl sites for hydroxylation is 1. The van der Waals surface area contributed by atoms with Gasteiger partial charge in [0.1, 0.15) is 6.26 Å². The lowest BCUT2D eigenvalue weighted by molar-refractivity contribution is -0.137. The first-order chi connectivity index (χ1) is 15.5. The molecule has 0 bridgehead atoms. The number of nitrogens with one attached hydrogen (secondary N) is 1. The van der Waals surface area contributed by atoms with E-state index in [1.165, 1.54) is 37.6 Å². The van der Waals surface area contributed by atoms with Crippen LogP contribution >= 0.6 is 0 Å². The first-order valence-electron chi connectivity index (χ1n) is 9.88. The van der Waals surface area contributed by atoms with Gasteiger partial charge in [0.15, 0.2) is 0 Å². The van der Waals surface area contributed by atoms with Gasteiger partial charge in [-0.15, -0.1) is 0 Å². The van der Waals surface area contributed by atoms with Gasteiger partial charge in [-0.2, -0.15) is 13.2 Å². The summed E-state index contributed by atoms with van der Waals surface area (Å²) in [6.07, 6.45) is -2.41. The molecule has 1 aromatic heterocycles. The molecule has 0 atom stereocenters. The lowest BCUT2D eigenvalue weighted by atomic mass is 10.1. The first kappa shape index (κ1) is 24.5. The van der Waals surface area contributed by atoms with Gasteiger partial charge in [-0.05, 0) is 48.4 Å². The molecule has 0 saturated carbocycles. The van der Waals surface area contributed by atoms with Crippen molar-refractivity contribution >= 4 is 16.0 Å². The van der Waals surface area contributed by atoms with Crippen molar-refractivity contribution in [3.63, 3.8) is 0 Å². The molecular formula is C22H21F3N2O5S. The number of rotatable bonds is 8. The number of carbonyl (C=O) groups excluding carboxylic acids is 1. The molecule has 0 amide bonds. The Morgan fingerprint density at radius 1 is 1.15 bits per heavy atom. The van der Waals surface area contributed by atoms with Crippen molar-refractivity contribution in [3.8, 4) is 11.5 Å². The molecule has 11 heteroatoms. The van der Waals surface area contributed by atoms with Crippen LogP contribution in [0.2, 0.25) is 0 Å². The molecule has 3 rings (SSSR count). The van der Waals surface area contributed by atoms with Crippen LogP contribution in [0.25, 0.3) is 11.5 Å². The van der Waals surface area contributed by atoms with E-state index in [1.807, 2.05) is 6.92 Å². The van der Waals surface area contributed by atoms with Crippen molar-refractivity contribution in [3.05, 3.63) is 71.1 Å². The van der Waals surface area contributed by atoms with Crippen molar-refractivity contribution < 1.29 is 35.5 Å². The van der Waals surface area contributed by atoms with E-state index in [-0.39, 0.29) is 29.3 Å². The predicted octanol–water partition coefficient (Wildman–Crippen LogP) is 4.23. The number of sulfonamides is 1. The minimum Gasteiger partial charge on any atom is -0.465 e. The zero-order valence-electron chi connectivity index (χ0n) is 17.8. The summed E-state index contributed by atoms with van der Waals surface area (Å²) < 4.78 is 75.8. The summed E-state index contributed by atoms with van der Waals surface area (Å²) in [6.45, 7) is 1.83. The quantitative estimate of drug-likeness (QED) is 0.483. The van der Waals surface area contributed by atoms with E-state index in [0.29, 0.717) is 23.2 Å². The molecule has 0 radical (unpaired) electrons. The summed E-state index contributed by atoms with van der Waals surface area (Å²) in [7, 11) is -2.69. The monoisotopic (exact) mass is 482 g/mol. The minimum absolute atomic E-state index is 0.00952. The van der Waals surface area contributed by atoms with E-state index in [1.54, 1.807) is 6.07 Å². The smallest absolute Gasteiger partial charge is 0.416 e. The van der Waals surface area contributed by atoms with Crippen molar-refractivity contribution in [1.82, 2.24) is 9.71 Å². The van der Waals surface area contributed by atoms with Crippen LogP contribution < -0.4 is 4.72 Å². The van der Waals surface area contributed by atoms with Crippen molar-refractivity contribution in [2.24, 2.45) is 0 Å². The van der Waals surface area contributed by atoms with Crippen LogP contribution in [0.15, 0.2) is 58.0 Å². The third-order valence-corrected chi connectivity index (χ3v) is 6.32. The summed E-state index contributed by atoms with van der Waals surface area (Å²) in [5.74, 6) is -0.498. The van der Waals surface area contributed by atoms with Crippen molar-refractivity contribution in [2.45, 2.75) is 30.8 Å². The number of alkyl halides is 3. The highest BCUT2D eigenvalue weighted by molar-refractivity contribution is 7.89. The number of halogens is 3. The second kappa shape index (κ2) is 9.75. The molecule has 0 spiro atoms. The van der Waals surface area contributed by atoms with E-state index in [0.717, 1.165) is 12.1 Å². The number of ether oxygens (including phenoxy) is 1. The maximum atomic E-state index is 12.7. The molecule has 3 aromatic rings. The Balaban J connectivity index is 1.66. The standard InChI is InChI=1S/C22H21F3N2O5S/c1-3-14-6-9-18(12-19(14)21(28)31-2)33(29,30)26-11-10-17-13-32-20(27-17)15-4-7-16(8-5-15)22(23,24)25/h4-9,12-13,26H,3,10-11H2,1-2H3. The topological polar surface area (TPSA) is 98.5 Å². The fourth-order valence-corrected chi connectivity index (χ4v) is 4.14. The molecule has 1 heterocycles. The fraction of sp³-hybridized carbons (Fsp3) is 0.273. The van der Waals surface area contributed by atoms with E-state index in [4.69, 9.17) is 9.15 Å². The molecule has 0 aliphatic carbocycles. The van der Waals surface area contributed by atoms with Crippen LogP contribution in [0.5, 0.6) is 0 Å². The second-order valence-corrected chi connectivity index (χ2v) is 8.80. The van der Waals surface area contributed by atoms with Crippen molar-refractivity contribution in [2.75, 3.05) is 13.7 Å². The molecule has 2 aromatic carbocycles. The molecule has 0 saturated heterocycles. The largest absolute Gasteiger partial charge is 0.465 e. The number of oxazole rings is 1. The fourth-order valence-electron chi connectivity index (χ4n) is 3.08. The second-order valence-electron chi connectivity index (χ2n) is 7.03. The summed E-state index contributed by atoms with van der Waals surface area (Å²) in [5, 5.41) is 0. The molecule has 0 aliphatic heterocycles. The molecule has 1 N–H and O–H groups in total. The average molecular weight is 482 g/mol. The Kier molecular flexibility index (Phi) is 7.23. The lowest BCUT2D eigenvalue weighted by Crippen LogP contribution is -2.26. The number of hydrogen-bond donors (Lipinski definition) is 1. The number of aromatic nitrogens is 1. The molecule has 7 nitrogen and oxygen atoms in total. The Bertz CT molecular complexity index is 1240. The van der Waals surface area contributed by atoms with Crippen LogP contribution in [0.1, 0.15) is 34.1 Å². The highest BCUT2D eigenvalue weighted by Gasteiger charge is 2.30.